The Morgan fingerprint density at radius 2 is 2.21 bits per heavy atom. The molecule has 2 rings (SSSR count). The molecule has 3 N–H and O–H groups in total. The summed E-state index contributed by atoms with van der Waals surface area (Å²) in [4.78, 5) is 5.73. The molecule has 0 aromatic carbocycles. The average Bonchev–Trinajstić information content (AvgIpc) is 2.88. The van der Waals surface area contributed by atoms with E-state index in [1.165, 1.54) is 9.88 Å². The van der Waals surface area contributed by atoms with Crippen LogP contribution in [0.15, 0.2) is 6.20 Å². The molecule has 1 saturated heterocycles. The van der Waals surface area contributed by atoms with Crippen molar-refractivity contribution in [2.75, 3.05) is 19.6 Å². The first-order valence-electron chi connectivity index (χ1n) is 6.51. The van der Waals surface area contributed by atoms with Crippen LogP contribution in [0.1, 0.15) is 30.7 Å². The third-order valence-electron chi connectivity index (χ3n) is 3.21. The van der Waals surface area contributed by atoms with E-state index in [1.807, 2.05) is 6.20 Å². The van der Waals surface area contributed by atoms with Crippen LogP contribution in [0.4, 0.5) is 0 Å². The summed E-state index contributed by atoms with van der Waals surface area (Å²) in [6.45, 7) is 9.88. The van der Waals surface area contributed by atoms with Gasteiger partial charge in [0, 0.05) is 48.6 Å². The van der Waals surface area contributed by atoms with Crippen LogP contribution in [0.5, 0.6) is 0 Å². The molecule has 1 aromatic rings. The highest BCUT2D eigenvalue weighted by Crippen LogP contribution is 2.26. The van der Waals surface area contributed by atoms with Crippen molar-refractivity contribution in [3.05, 3.63) is 16.1 Å². The van der Waals surface area contributed by atoms with Crippen LogP contribution in [0.25, 0.3) is 0 Å². The van der Waals surface area contributed by atoms with Crippen molar-refractivity contribution in [3.63, 3.8) is 0 Å². The lowest BCUT2D eigenvalue weighted by molar-refractivity contribution is 0.146. The van der Waals surface area contributed by atoms with Crippen LogP contribution in [0.3, 0.4) is 0 Å². The van der Waals surface area contributed by atoms with E-state index in [2.05, 4.69) is 36.4 Å². The molecule has 4 nitrogen and oxygen atoms in total. The molecule has 1 aromatic heterocycles. The van der Waals surface area contributed by atoms with Crippen molar-refractivity contribution < 1.29 is 5.11 Å². The number of hydrogen-bond acceptors (Lipinski definition) is 5. The molecule has 6 heteroatoms. The number of β-amino-alcohol motifs (C(OH)–C–C–N with tert-alkyl or cyclic N) is 1. The molecule has 0 spiro atoms. The van der Waals surface area contributed by atoms with Crippen LogP contribution in [-0.2, 0) is 12.0 Å². The van der Waals surface area contributed by atoms with Crippen molar-refractivity contribution in [1.29, 1.82) is 0 Å². The Kier molecular flexibility index (Phi) is 6.20. The minimum absolute atomic E-state index is 0. The normalized spacial score (nSPS) is 23.4. The maximum Gasteiger partial charge on any atom is 0.0981 e. The number of nitrogens with one attached hydrogen (secondary N) is 2. The van der Waals surface area contributed by atoms with Crippen molar-refractivity contribution in [1.82, 2.24) is 15.6 Å². The first kappa shape index (κ1) is 16.9. The number of thiazole rings is 1. The largest absolute Gasteiger partial charge is 0.391 e. The van der Waals surface area contributed by atoms with Crippen LogP contribution < -0.4 is 10.6 Å². The predicted octanol–water partition coefficient (Wildman–Crippen LogP) is 1.53. The fourth-order valence-corrected chi connectivity index (χ4v) is 2.98. The van der Waals surface area contributed by atoms with Crippen LogP contribution in [0.2, 0.25) is 0 Å². The number of halogens is 1. The Morgan fingerprint density at radius 3 is 2.74 bits per heavy atom. The highest BCUT2D eigenvalue weighted by atomic mass is 35.5. The lowest BCUT2D eigenvalue weighted by Gasteiger charge is -2.14. The molecular formula is C13H24ClN3OS. The fraction of sp³-hybridized carbons (Fsp3) is 0.769. The molecule has 0 amide bonds. The van der Waals surface area contributed by atoms with E-state index in [0.29, 0.717) is 5.92 Å². The number of aliphatic hydroxyl groups excluding tert-OH is 1. The molecule has 110 valence electrons. The molecule has 1 aliphatic heterocycles. The smallest absolute Gasteiger partial charge is 0.0981 e. The van der Waals surface area contributed by atoms with Crippen LogP contribution in [-0.4, -0.2) is 35.8 Å². The molecule has 2 heterocycles. The summed E-state index contributed by atoms with van der Waals surface area (Å²) >= 11 is 1.77. The van der Waals surface area contributed by atoms with Crippen molar-refractivity contribution in [3.8, 4) is 0 Å². The van der Waals surface area contributed by atoms with Gasteiger partial charge >= 0.3 is 0 Å². The fourth-order valence-electron chi connectivity index (χ4n) is 2.04. The zero-order valence-electron chi connectivity index (χ0n) is 11.8. The number of aliphatic hydroxyl groups is 1. The van der Waals surface area contributed by atoms with Crippen LogP contribution in [0, 0.1) is 5.92 Å². The highest BCUT2D eigenvalue weighted by Gasteiger charge is 2.24. The van der Waals surface area contributed by atoms with Gasteiger partial charge in [-0.15, -0.1) is 23.7 Å². The molecule has 0 bridgehead atoms. The first-order valence-corrected chi connectivity index (χ1v) is 7.33. The summed E-state index contributed by atoms with van der Waals surface area (Å²) in [6, 6.07) is 0. The molecule has 2 atom stereocenters. The zero-order chi connectivity index (χ0) is 13.2. The second-order valence-corrected chi connectivity index (χ2v) is 7.11. The zero-order valence-corrected chi connectivity index (χ0v) is 13.4. The van der Waals surface area contributed by atoms with Crippen molar-refractivity contribution >= 4 is 23.7 Å². The van der Waals surface area contributed by atoms with Gasteiger partial charge in [0.15, 0.2) is 0 Å². The van der Waals surface area contributed by atoms with Gasteiger partial charge in [0.25, 0.3) is 0 Å². The molecule has 0 aliphatic carbocycles. The van der Waals surface area contributed by atoms with E-state index in [4.69, 9.17) is 0 Å². The summed E-state index contributed by atoms with van der Waals surface area (Å²) in [5.74, 6) is 0.333. The predicted molar refractivity (Wildman–Crippen MR) is 82.1 cm³/mol. The molecule has 1 fully saturated rings. The first-order chi connectivity index (χ1) is 8.47. The summed E-state index contributed by atoms with van der Waals surface area (Å²) in [7, 11) is 0. The monoisotopic (exact) mass is 305 g/mol. The van der Waals surface area contributed by atoms with Gasteiger partial charge < -0.3 is 15.7 Å². The topological polar surface area (TPSA) is 57.2 Å². The summed E-state index contributed by atoms with van der Waals surface area (Å²) in [5.41, 5.74) is 0.133. The second-order valence-electron chi connectivity index (χ2n) is 6.00. The molecule has 1 aliphatic rings. The Hall–Kier alpha value is -0.200. The van der Waals surface area contributed by atoms with Crippen LogP contribution >= 0.6 is 23.7 Å². The Morgan fingerprint density at radius 1 is 1.47 bits per heavy atom. The van der Waals surface area contributed by atoms with Gasteiger partial charge in [0.05, 0.1) is 11.1 Å². The number of aromatic nitrogens is 1. The molecule has 0 radical (unpaired) electrons. The Balaban J connectivity index is 0.00000180. The van der Waals surface area contributed by atoms with E-state index in [1.54, 1.807) is 11.3 Å². The molecule has 0 saturated carbocycles. The lowest BCUT2D eigenvalue weighted by atomic mass is 9.98. The molecular weight excluding hydrogens is 282 g/mol. The Bertz CT molecular complexity index is 391. The van der Waals surface area contributed by atoms with E-state index in [0.717, 1.165) is 26.2 Å². The van der Waals surface area contributed by atoms with Gasteiger partial charge in [-0.05, 0) is 0 Å². The van der Waals surface area contributed by atoms with E-state index in [-0.39, 0.29) is 23.9 Å². The van der Waals surface area contributed by atoms with Gasteiger partial charge in [-0.1, -0.05) is 20.8 Å². The number of nitrogens with zero attached hydrogens (tertiary/aromatic N) is 1. The summed E-state index contributed by atoms with van der Waals surface area (Å²) in [6.07, 6.45) is 1.76. The average molecular weight is 306 g/mol. The van der Waals surface area contributed by atoms with E-state index < -0.39 is 0 Å². The third kappa shape index (κ3) is 4.68. The Labute approximate surface area is 125 Å². The van der Waals surface area contributed by atoms with Gasteiger partial charge in [-0.25, -0.2) is 4.98 Å². The van der Waals surface area contributed by atoms with Gasteiger partial charge in [0.2, 0.25) is 0 Å². The van der Waals surface area contributed by atoms with Gasteiger partial charge in [-0.3, -0.25) is 0 Å². The standard InChI is InChI=1S/C13H23N3OS.ClH/c1-13(2,3)12-16-7-10(18-12)6-14-4-9-5-15-8-11(9)17;/h7,9,11,14-15,17H,4-6,8H2,1-3H3;1H. The van der Waals surface area contributed by atoms with Crippen molar-refractivity contribution in [2.24, 2.45) is 5.92 Å². The maximum absolute atomic E-state index is 9.68. The maximum atomic E-state index is 9.68. The second kappa shape index (κ2) is 6.99. The van der Waals surface area contributed by atoms with Gasteiger partial charge in [0.1, 0.15) is 0 Å². The SMILES string of the molecule is CC(C)(C)c1ncc(CNCC2CNCC2O)s1.Cl. The minimum Gasteiger partial charge on any atom is -0.391 e. The molecule has 19 heavy (non-hydrogen) atoms. The van der Waals surface area contributed by atoms with E-state index >= 15 is 0 Å². The summed E-state index contributed by atoms with van der Waals surface area (Å²) < 4.78 is 0. The minimum atomic E-state index is -0.205. The summed E-state index contributed by atoms with van der Waals surface area (Å²) in [5, 5.41) is 17.5. The van der Waals surface area contributed by atoms with E-state index in [9.17, 15) is 5.11 Å². The molecule has 2 unspecified atom stereocenters. The van der Waals surface area contributed by atoms with Gasteiger partial charge in [-0.2, -0.15) is 0 Å². The third-order valence-corrected chi connectivity index (χ3v) is 4.63. The number of rotatable bonds is 4. The quantitative estimate of drug-likeness (QED) is 0.790. The lowest BCUT2D eigenvalue weighted by Crippen LogP contribution is -2.29. The van der Waals surface area contributed by atoms with Crippen molar-refractivity contribution in [2.45, 2.75) is 38.8 Å². The number of hydrogen-bond donors (Lipinski definition) is 3. The highest BCUT2D eigenvalue weighted by molar-refractivity contribution is 7.11.